The van der Waals surface area contributed by atoms with Gasteiger partial charge in [0, 0.05) is 17.7 Å². The molecule has 1 aromatic heterocycles. The van der Waals surface area contributed by atoms with Crippen LogP contribution in [-0.4, -0.2) is 5.78 Å². The maximum Gasteiger partial charge on any atom is 0.138 e. The number of thiophene rings is 1. The summed E-state index contributed by atoms with van der Waals surface area (Å²) in [6.07, 6.45) is 1.31. The van der Waals surface area contributed by atoms with Gasteiger partial charge in [0.25, 0.3) is 0 Å². The molecule has 0 spiro atoms. The van der Waals surface area contributed by atoms with E-state index in [4.69, 9.17) is 0 Å². The Balaban J connectivity index is 2.43. The van der Waals surface area contributed by atoms with E-state index in [2.05, 4.69) is 27.7 Å². The zero-order valence-electron chi connectivity index (χ0n) is 10.0. The van der Waals surface area contributed by atoms with Gasteiger partial charge in [-0.3, -0.25) is 4.79 Å². The molecule has 1 heterocycles. The van der Waals surface area contributed by atoms with Gasteiger partial charge in [-0.15, -0.1) is 11.3 Å². The Kier molecular flexibility index (Phi) is 4.09. The van der Waals surface area contributed by atoms with Gasteiger partial charge in [0.05, 0.1) is 0 Å². The summed E-state index contributed by atoms with van der Waals surface area (Å²) >= 11 is 1.66. The number of Topliss-reactive ketones (excluding diaryl/α,β-unsaturated/α-hetero) is 1. The van der Waals surface area contributed by atoms with E-state index in [0.29, 0.717) is 24.5 Å². The molecule has 0 bridgehead atoms. The summed E-state index contributed by atoms with van der Waals surface area (Å²) in [6, 6.07) is 4.03. The van der Waals surface area contributed by atoms with Crippen LogP contribution in [0.1, 0.15) is 39.0 Å². The number of rotatable bonds is 4. The minimum Gasteiger partial charge on any atom is -0.299 e. The second-order valence-corrected chi connectivity index (χ2v) is 6.30. The van der Waals surface area contributed by atoms with E-state index in [0.717, 1.165) is 0 Å². The molecular formula is C13H20OS. The summed E-state index contributed by atoms with van der Waals surface area (Å²) in [6.45, 7) is 8.73. The highest BCUT2D eigenvalue weighted by molar-refractivity contribution is 7.10. The lowest BCUT2D eigenvalue weighted by atomic mass is 9.79. The highest BCUT2D eigenvalue weighted by Crippen LogP contribution is 2.28. The molecule has 1 aromatic rings. The summed E-state index contributed by atoms with van der Waals surface area (Å²) < 4.78 is 0. The number of hydrogen-bond donors (Lipinski definition) is 0. The van der Waals surface area contributed by atoms with Crippen molar-refractivity contribution in [2.45, 2.75) is 40.5 Å². The van der Waals surface area contributed by atoms with Crippen molar-refractivity contribution in [3.63, 3.8) is 0 Å². The van der Waals surface area contributed by atoms with Crippen LogP contribution in [0.5, 0.6) is 0 Å². The lowest BCUT2D eigenvalue weighted by Crippen LogP contribution is -2.21. The average Bonchev–Trinajstić information content (AvgIpc) is 2.54. The van der Waals surface area contributed by atoms with E-state index in [1.165, 1.54) is 4.88 Å². The first-order valence-corrected chi connectivity index (χ1v) is 6.31. The molecule has 0 aliphatic rings. The maximum atomic E-state index is 11.8. The second-order valence-electron chi connectivity index (χ2n) is 5.27. The molecule has 0 fully saturated rings. The number of ketones is 1. The SMILES string of the molecule is CC(CC(=O)Cc1cccs1)C(C)(C)C. The minimum atomic E-state index is 0.227. The van der Waals surface area contributed by atoms with Crippen LogP contribution >= 0.6 is 11.3 Å². The van der Waals surface area contributed by atoms with Crippen molar-refractivity contribution in [3.05, 3.63) is 22.4 Å². The fraction of sp³-hybridized carbons (Fsp3) is 0.615. The van der Waals surface area contributed by atoms with Crippen LogP contribution in [0.4, 0.5) is 0 Å². The van der Waals surface area contributed by atoms with Crippen LogP contribution in [0.25, 0.3) is 0 Å². The molecule has 1 rings (SSSR count). The highest BCUT2D eigenvalue weighted by atomic mass is 32.1. The summed E-state index contributed by atoms with van der Waals surface area (Å²) in [5.74, 6) is 0.810. The number of carbonyl (C=O) groups excluding carboxylic acids is 1. The van der Waals surface area contributed by atoms with Crippen molar-refractivity contribution in [1.29, 1.82) is 0 Å². The van der Waals surface area contributed by atoms with E-state index in [9.17, 15) is 4.79 Å². The molecule has 0 amide bonds. The first-order chi connectivity index (χ1) is 6.89. The Bertz CT molecular complexity index is 306. The smallest absolute Gasteiger partial charge is 0.138 e. The van der Waals surface area contributed by atoms with Crippen LogP contribution in [-0.2, 0) is 11.2 Å². The summed E-state index contributed by atoms with van der Waals surface area (Å²) in [7, 11) is 0. The van der Waals surface area contributed by atoms with Crippen LogP contribution in [0.3, 0.4) is 0 Å². The van der Waals surface area contributed by atoms with E-state index in [1.54, 1.807) is 11.3 Å². The van der Waals surface area contributed by atoms with Crippen molar-refractivity contribution in [3.8, 4) is 0 Å². The molecule has 0 N–H and O–H groups in total. The van der Waals surface area contributed by atoms with Crippen molar-refractivity contribution in [2.75, 3.05) is 0 Å². The zero-order chi connectivity index (χ0) is 11.5. The molecule has 1 unspecified atom stereocenters. The van der Waals surface area contributed by atoms with Gasteiger partial charge >= 0.3 is 0 Å². The Hall–Kier alpha value is -0.630. The Labute approximate surface area is 96.5 Å². The third kappa shape index (κ3) is 4.17. The molecule has 1 nitrogen and oxygen atoms in total. The number of hydrogen-bond acceptors (Lipinski definition) is 2. The molecule has 0 aliphatic carbocycles. The molecule has 0 radical (unpaired) electrons. The van der Waals surface area contributed by atoms with Gasteiger partial charge < -0.3 is 0 Å². The fourth-order valence-electron chi connectivity index (χ4n) is 1.33. The summed E-state index contributed by atoms with van der Waals surface area (Å²) in [4.78, 5) is 13.0. The van der Waals surface area contributed by atoms with Crippen molar-refractivity contribution >= 4 is 17.1 Å². The van der Waals surface area contributed by atoms with Gasteiger partial charge in [0.1, 0.15) is 5.78 Å². The zero-order valence-corrected chi connectivity index (χ0v) is 10.9. The summed E-state index contributed by atoms with van der Waals surface area (Å²) in [5.41, 5.74) is 0.227. The normalized spacial score (nSPS) is 13.9. The van der Waals surface area contributed by atoms with E-state index in [1.807, 2.05) is 17.5 Å². The fourth-order valence-corrected chi connectivity index (χ4v) is 2.06. The second kappa shape index (κ2) is 4.93. The van der Waals surface area contributed by atoms with Crippen LogP contribution < -0.4 is 0 Å². The lowest BCUT2D eigenvalue weighted by molar-refractivity contribution is -0.119. The van der Waals surface area contributed by atoms with E-state index in [-0.39, 0.29) is 5.41 Å². The van der Waals surface area contributed by atoms with E-state index >= 15 is 0 Å². The monoisotopic (exact) mass is 224 g/mol. The predicted octanol–water partition coefficient (Wildman–Crippen LogP) is 3.93. The predicted molar refractivity (Wildman–Crippen MR) is 66.3 cm³/mol. The highest BCUT2D eigenvalue weighted by Gasteiger charge is 2.22. The number of carbonyl (C=O) groups is 1. The molecule has 0 aliphatic heterocycles. The summed E-state index contributed by atoms with van der Waals surface area (Å²) in [5, 5.41) is 2.02. The third-order valence-electron chi connectivity index (χ3n) is 2.96. The van der Waals surface area contributed by atoms with Gasteiger partial charge in [-0.2, -0.15) is 0 Å². The van der Waals surface area contributed by atoms with Gasteiger partial charge in [-0.1, -0.05) is 33.8 Å². The molecule has 0 saturated carbocycles. The van der Waals surface area contributed by atoms with Crippen molar-refractivity contribution < 1.29 is 4.79 Å². The third-order valence-corrected chi connectivity index (χ3v) is 3.84. The van der Waals surface area contributed by atoms with Gasteiger partial charge in [0.2, 0.25) is 0 Å². The van der Waals surface area contributed by atoms with Gasteiger partial charge in [-0.25, -0.2) is 0 Å². The van der Waals surface area contributed by atoms with Crippen LogP contribution in [0.2, 0.25) is 0 Å². The van der Waals surface area contributed by atoms with Crippen molar-refractivity contribution in [2.24, 2.45) is 11.3 Å². The van der Waals surface area contributed by atoms with E-state index < -0.39 is 0 Å². The molecule has 0 saturated heterocycles. The quantitative estimate of drug-likeness (QED) is 0.757. The first-order valence-electron chi connectivity index (χ1n) is 5.43. The van der Waals surface area contributed by atoms with Crippen LogP contribution in [0, 0.1) is 11.3 Å². The minimum absolute atomic E-state index is 0.227. The maximum absolute atomic E-state index is 11.8. The van der Waals surface area contributed by atoms with Crippen molar-refractivity contribution in [1.82, 2.24) is 0 Å². The Morgan fingerprint density at radius 1 is 1.47 bits per heavy atom. The largest absolute Gasteiger partial charge is 0.299 e. The topological polar surface area (TPSA) is 17.1 Å². The molecule has 84 valence electrons. The van der Waals surface area contributed by atoms with Crippen LogP contribution in [0.15, 0.2) is 17.5 Å². The molecule has 1 atom stereocenters. The van der Waals surface area contributed by atoms with Gasteiger partial charge in [0.15, 0.2) is 0 Å². The lowest BCUT2D eigenvalue weighted by Gasteiger charge is -2.26. The van der Waals surface area contributed by atoms with Gasteiger partial charge in [-0.05, 0) is 22.8 Å². The first kappa shape index (κ1) is 12.4. The Morgan fingerprint density at radius 2 is 2.13 bits per heavy atom. The molecule has 15 heavy (non-hydrogen) atoms. The molecule has 0 aromatic carbocycles. The average molecular weight is 224 g/mol. The molecular weight excluding hydrogens is 204 g/mol. The molecule has 2 heteroatoms. The standard InChI is InChI=1S/C13H20OS/c1-10(13(2,3)4)8-11(14)9-12-6-5-7-15-12/h5-7,10H,8-9H2,1-4H3. The Morgan fingerprint density at radius 3 is 2.60 bits per heavy atom.